The summed E-state index contributed by atoms with van der Waals surface area (Å²) in [6, 6.07) is 0. The molecule has 0 bridgehead atoms. The Kier molecular flexibility index (Phi) is 56.4. The highest BCUT2D eigenvalue weighted by Gasteiger charge is 2.24. The smallest absolute Gasteiger partial charge is 0.374 e. The standard InChI is InChI=1S/C11H22N2O2.C10H20N2O2.C9H18N2O2.C7H12O3.C5H8O3.C4H6O3.5CH4/c1-8(2)9(12-13(6)7)10(14)15-11(3,4)5;1-7-8(11-12(5)6)9(13)14-10(2,3)4;1-7(10-11(5)6)8(12)13-9(2,3)4;1-5(8)6(9)10-7(2,3)4;1-3(2)4(6)5(7)8;1-2-3(5)4(6)7;;;;;/h8H,1-7H3;7H2,1-6H3;1-6H3;1-4H3;3H,1-2H3,(H,7,8);2H2,1H3,(H,6,7);5*1H4/b12-9+;11-8+;10-7+;;;;;;;;. The lowest BCUT2D eigenvalue weighted by molar-refractivity contribution is -0.161. The number of carboxylic acid groups (broad SMARTS) is 2. The van der Waals surface area contributed by atoms with Crippen molar-refractivity contribution in [1.29, 1.82) is 0 Å². The molecule has 430 valence electrons. The summed E-state index contributed by atoms with van der Waals surface area (Å²) < 4.78 is 20.3. The van der Waals surface area contributed by atoms with Crippen LogP contribution in [0.25, 0.3) is 0 Å². The third kappa shape index (κ3) is 66.3. The molecule has 21 nitrogen and oxygen atoms in total. The second-order valence-electron chi connectivity index (χ2n) is 19.2. The van der Waals surface area contributed by atoms with Crippen LogP contribution < -0.4 is 0 Å². The molecule has 0 radical (unpaired) electrons. The van der Waals surface area contributed by atoms with Gasteiger partial charge < -0.3 is 44.2 Å². The van der Waals surface area contributed by atoms with Gasteiger partial charge in [0.15, 0.2) is 0 Å². The van der Waals surface area contributed by atoms with Crippen LogP contribution in [-0.2, 0) is 62.1 Å². The SMILES string of the molecule is C.C.C.C.C.C/C(=N\N(C)C)C(=O)OC(C)(C)C.CC(=O)C(=O)OC(C)(C)C.CC(C)/C(=N\N(C)C)C(=O)OC(C)(C)C.CC(C)C(=O)C(=O)O.CC/C(=N\N(C)C)C(=O)OC(C)(C)C.CCC(=O)C(=O)O. The number of rotatable bonds is 13. The van der Waals surface area contributed by atoms with E-state index in [0.717, 1.165) is 0 Å². The van der Waals surface area contributed by atoms with Crippen molar-refractivity contribution < 1.29 is 72.3 Å². The van der Waals surface area contributed by atoms with E-state index in [2.05, 4.69) is 15.3 Å². The molecule has 0 saturated heterocycles. The first-order chi connectivity index (χ1) is 29.7. The van der Waals surface area contributed by atoms with Crippen molar-refractivity contribution in [3.05, 3.63) is 0 Å². The Hall–Kier alpha value is -5.76. The molecular weight excluding hydrogens is 937 g/mol. The van der Waals surface area contributed by atoms with Gasteiger partial charge in [-0.1, -0.05) is 78.7 Å². The number of aliphatic carboxylic acids is 2. The molecule has 0 unspecified atom stereocenters. The van der Waals surface area contributed by atoms with E-state index in [9.17, 15) is 43.2 Å². The lowest BCUT2D eigenvalue weighted by atomic mass is 10.1. The molecule has 21 heteroatoms. The average molecular weight is 1040 g/mol. The Morgan fingerprint density at radius 3 is 0.931 bits per heavy atom. The first-order valence-electron chi connectivity index (χ1n) is 21.4. The van der Waals surface area contributed by atoms with Gasteiger partial charge in [-0.25, -0.2) is 28.8 Å². The molecule has 0 aromatic rings. The van der Waals surface area contributed by atoms with Crippen LogP contribution in [0, 0.1) is 11.8 Å². The highest BCUT2D eigenvalue weighted by molar-refractivity contribution is 6.37. The van der Waals surface area contributed by atoms with Crippen LogP contribution >= 0.6 is 0 Å². The van der Waals surface area contributed by atoms with Gasteiger partial charge in [-0.05, 0) is 96.4 Å². The minimum atomic E-state index is -1.35. The van der Waals surface area contributed by atoms with Crippen molar-refractivity contribution in [2.75, 3.05) is 42.3 Å². The van der Waals surface area contributed by atoms with E-state index in [1.54, 1.807) is 98.9 Å². The summed E-state index contributed by atoms with van der Waals surface area (Å²) in [5.74, 6) is -6.88. The van der Waals surface area contributed by atoms with Gasteiger partial charge in [-0.3, -0.25) is 14.4 Å². The molecule has 0 aromatic carbocycles. The third-order valence-electron chi connectivity index (χ3n) is 5.78. The molecular formula is C51H106N6O15. The summed E-state index contributed by atoms with van der Waals surface area (Å²) in [5, 5.41) is 32.7. The van der Waals surface area contributed by atoms with Crippen LogP contribution in [0.2, 0.25) is 0 Å². The summed E-state index contributed by atoms with van der Waals surface area (Å²) in [5.41, 5.74) is -0.693. The predicted octanol–water partition coefficient (Wildman–Crippen LogP) is 9.27. The normalized spacial score (nSPS) is 10.8. The number of nitrogens with zero attached hydrogens (tertiary/aromatic N) is 6. The number of hydrazone groups is 3. The Morgan fingerprint density at radius 2 is 0.750 bits per heavy atom. The van der Waals surface area contributed by atoms with E-state index in [4.69, 9.17) is 29.2 Å². The van der Waals surface area contributed by atoms with Crippen molar-refractivity contribution in [2.24, 2.45) is 27.1 Å². The van der Waals surface area contributed by atoms with Crippen LogP contribution in [-0.4, -0.2) is 160 Å². The Labute approximate surface area is 436 Å². The number of carboxylic acids is 2. The first kappa shape index (κ1) is 92.4. The van der Waals surface area contributed by atoms with Crippen molar-refractivity contribution in [2.45, 2.75) is 211 Å². The Bertz CT molecular complexity index is 1690. The van der Waals surface area contributed by atoms with Gasteiger partial charge in [0.1, 0.15) is 39.5 Å². The van der Waals surface area contributed by atoms with Crippen LogP contribution in [0.5, 0.6) is 0 Å². The zero-order chi connectivity index (χ0) is 55.2. The number of hydrogen-bond donors (Lipinski definition) is 2. The second kappa shape index (κ2) is 44.0. The molecule has 2 N–H and O–H groups in total. The monoisotopic (exact) mass is 1040 g/mol. The fourth-order valence-corrected chi connectivity index (χ4v) is 3.21. The van der Waals surface area contributed by atoms with Crippen LogP contribution in [0.15, 0.2) is 15.3 Å². The molecule has 0 heterocycles. The Morgan fingerprint density at radius 1 is 0.444 bits per heavy atom. The number of esters is 4. The van der Waals surface area contributed by atoms with E-state index in [1.807, 2.05) is 83.1 Å². The van der Waals surface area contributed by atoms with Crippen LogP contribution in [0.4, 0.5) is 0 Å². The van der Waals surface area contributed by atoms with Gasteiger partial charge in [0.05, 0.1) is 0 Å². The van der Waals surface area contributed by atoms with E-state index in [0.29, 0.717) is 23.6 Å². The van der Waals surface area contributed by atoms with Crippen molar-refractivity contribution >= 4 is 70.3 Å². The van der Waals surface area contributed by atoms with Gasteiger partial charge >= 0.3 is 35.8 Å². The van der Waals surface area contributed by atoms with E-state index < -0.39 is 63.6 Å². The topological polar surface area (TPSA) is 278 Å². The summed E-state index contributed by atoms with van der Waals surface area (Å²) >= 11 is 0. The van der Waals surface area contributed by atoms with Gasteiger partial charge in [0.2, 0.25) is 17.3 Å². The molecule has 0 aliphatic carbocycles. The minimum Gasteiger partial charge on any atom is -0.476 e. The summed E-state index contributed by atoms with van der Waals surface area (Å²) in [6.45, 7) is 34.9. The maximum atomic E-state index is 11.8. The lowest BCUT2D eigenvalue weighted by Gasteiger charge is -2.21. The average Bonchev–Trinajstić information content (AvgIpc) is 3.09. The largest absolute Gasteiger partial charge is 0.476 e. The molecule has 0 saturated carbocycles. The fraction of sp³-hybridized carbons (Fsp3) is 0.765. The maximum Gasteiger partial charge on any atom is 0.374 e. The van der Waals surface area contributed by atoms with Gasteiger partial charge in [0, 0.05) is 67.5 Å². The summed E-state index contributed by atoms with van der Waals surface area (Å²) in [6.07, 6.45) is 0.655. The number of Topliss-reactive ketones (excluding diaryl/α,β-unsaturated/α-hetero) is 3. The molecule has 0 atom stereocenters. The quantitative estimate of drug-likeness (QED) is 0.0571. The van der Waals surface area contributed by atoms with Gasteiger partial charge in [0.25, 0.3) is 0 Å². The molecule has 0 spiro atoms. The highest BCUT2D eigenvalue weighted by Crippen LogP contribution is 2.12. The zero-order valence-electron chi connectivity index (χ0n) is 45.5. The molecule has 0 fully saturated rings. The Balaban J connectivity index is -0.0000000691. The number of hydrogen-bond acceptors (Lipinski definition) is 19. The molecule has 0 aliphatic rings. The first-order valence-corrected chi connectivity index (χ1v) is 21.4. The predicted molar refractivity (Wildman–Crippen MR) is 292 cm³/mol. The number of ether oxygens (including phenoxy) is 4. The fourth-order valence-electron chi connectivity index (χ4n) is 3.21. The highest BCUT2D eigenvalue weighted by atomic mass is 16.6. The van der Waals surface area contributed by atoms with E-state index in [1.165, 1.54) is 13.8 Å². The number of ketones is 3. The van der Waals surface area contributed by atoms with E-state index in [-0.39, 0.29) is 67.4 Å². The van der Waals surface area contributed by atoms with E-state index >= 15 is 0 Å². The zero-order valence-corrected chi connectivity index (χ0v) is 45.5. The number of carbonyl (C=O) groups excluding carboxylic acids is 7. The maximum absolute atomic E-state index is 11.8. The van der Waals surface area contributed by atoms with Crippen molar-refractivity contribution in [3.8, 4) is 0 Å². The third-order valence-corrected chi connectivity index (χ3v) is 5.78. The summed E-state index contributed by atoms with van der Waals surface area (Å²) in [4.78, 5) is 95.1. The number of carbonyl (C=O) groups is 9. The molecule has 0 rings (SSSR count). The van der Waals surface area contributed by atoms with Crippen molar-refractivity contribution in [3.63, 3.8) is 0 Å². The second-order valence-corrected chi connectivity index (χ2v) is 19.2. The van der Waals surface area contributed by atoms with Gasteiger partial charge in [-0.15, -0.1) is 0 Å². The molecule has 0 aromatic heterocycles. The molecule has 0 aliphatic heterocycles. The van der Waals surface area contributed by atoms with Crippen LogP contribution in [0.1, 0.15) is 188 Å². The van der Waals surface area contributed by atoms with Crippen molar-refractivity contribution in [1.82, 2.24) is 15.0 Å². The molecule has 0 amide bonds. The minimum absolute atomic E-state index is 0. The molecule has 72 heavy (non-hydrogen) atoms. The van der Waals surface area contributed by atoms with Gasteiger partial charge in [-0.2, -0.15) is 15.3 Å². The lowest BCUT2D eigenvalue weighted by Crippen LogP contribution is -2.32. The van der Waals surface area contributed by atoms with Crippen LogP contribution in [0.3, 0.4) is 0 Å². The summed E-state index contributed by atoms with van der Waals surface area (Å²) in [7, 11) is 10.6.